The molecule has 2 amide bonds. The third kappa shape index (κ3) is 6.81. The molecule has 7 nitrogen and oxygen atoms in total. The summed E-state index contributed by atoms with van der Waals surface area (Å²) in [6.45, 7) is 2.47. The number of rotatable bonds is 9. The fourth-order valence-corrected chi connectivity index (χ4v) is 2.13. The third-order valence-corrected chi connectivity index (χ3v) is 3.50. The molecule has 0 heterocycles. The minimum Gasteiger partial charge on any atom is -0.497 e. The average molecular weight is 369 g/mol. The quantitative estimate of drug-likeness (QED) is 0.525. The van der Waals surface area contributed by atoms with E-state index in [1.807, 2.05) is 25.1 Å². The number of amides is 2. The summed E-state index contributed by atoms with van der Waals surface area (Å²) in [5.74, 6) is 0.635. The van der Waals surface area contributed by atoms with E-state index in [1.54, 1.807) is 37.4 Å². The van der Waals surface area contributed by atoms with Gasteiger partial charge in [-0.15, -0.1) is 0 Å². The SMILES string of the molecule is CCCOc1ccc(C(=O)NCC(=O)N/N=C\c2cccc(OC)c2)cc1. The first-order valence-corrected chi connectivity index (χ1v) is 8.59. The highest BCUT2D eigenvalue weighted by Crippen LogP contribution is 2.12. The number of hydrazone groups is 1. The van der Waals surface area contributed by atoms with Crippen LogP contribution in [0.25, 0.3) is 0 Å². The average Bonchev–Trinajstić information content (AvgIpc) is 2.71. The zero-order valence-corrected chi connectivity index (χ0v) is 15.4. The monoisotopic (exact) mass is 369 g/mol. The van der Waals surface area contributed by atoms with Gasteiger partial charge in [0.2, 0.25) is 0 Å². The lowest BCUT2D eigenvalue weighted by molar-refractivity contribution is -0.120. The van der Waals surface area contributed by atoms with Crippen molar-refractivity contribution in [1.82, 2.24) is 10.7 Å². The van der Waals surface area contributed by atoms with Crippen molar-refractivity contribution in [2.24, 2.45) is 5.10 Å². The summed E-state index contributed by atoms with van der Waals surface area (Å²) >= 11 is 0. The first-order chi connectivity index (χ1) is 13.1. The Hall–Kier alpha value is -3.35. The molecular formula is C20H23N3O4. The van der Waals surface area contributed by atoms with Crippen LogP contribution in [0.2, 0.25) is 0 Å². The number of hydrogen-bond acceptors (Lipinski definition) is 5. The number of carbonyl (C=O) groups excluding carboxylic acids is 2. The van der Waals surface area contributed by atoms with Crippen LogP contribution in [-0.2, 0) is 4.79 Å². The number of ether oxygens (including phenoxy) is 2. The summed E-state index contributed by atoms with van der Waals surface area (Å²) in [6.07, 6.45) is 2.41. The standard InChI is InChI=1S/C20H23N3O4/c1-3-11-27-17-9-7-16(8-10-17)20(25)21-14-19(24)23-22-13-15-5-4-6-18(12-15)26-2/h4-10,12-13H,3,11,14H2,1-2H3,(H,21,25)(H,23,24)/b22-13-. The van der Waals surface area contributed by atoms with Crippen molar-refractivity contribution in [3.63, 3.8) is 0 Å². The molecule has 0 fully saturated rings. The van der Waals surface area contributed by atoms with Crippen molar-refractivity contribution in [2.45, 2.75) is 13.3 Å². The second kappa shape index (κ2) is 10.6. The van der Waals surface area contributed by atoms with Gasteiger partial charge in [-0.2, -0.15) is 5.10 Å². The van der Waals surface area contributed by atoms with Crippen LogP contribution >= 0.6 is 0 Å². The van der Waals surface area contributed by atoms with E-state index in [2.05, 4.69) is 15.8 Å². The van der Waals surface area contributed by atoms with Crippen LogP contribution < -0.4 is 20.2 Å². The highest BCUT2D eigenvalue weighted by atomic mass is 16.5. The third-order valence-electron chi connectivity index (χ3n) is 3.50. The summed E-state index contributed by atoms with van der Waals surface area (Å²) < 4.78 is 10.6. The van der Waals surface area contributed by atoms with Crippen LogP contribution in [0.4, 0.5) is 0 Å². The van der Waals surface area contributed by atoms with Crippen molar-refractivity contribution in [2.75, 3.05) is 20.3 Å². The lowest BCUT2D eigenvalue weighted by atomic mass is 10.2. The van der Waals surface area contributed by atoms with Gasteiger partial charge < -0.3 is 14.8 Å². The smallest absolute Gasteiger partial charge is 0.259 e. The Kier molecular flexibility index (Phi) is 7.84. The Labute approximate surface area is 158 Å². The molecule has 0 spiro atoms. The number of benzene rings is 2. The molecule has 0 saturated carbocycles. The van der Waals surface area contributed by atoms with Gasteiger partial charge in [0.05, 0.1) is 26.5 Å². The molecule has 0 aliphatic carbocycles. The van der Waals surface area contributed by atoms with Crippen molar-refractivity contribution in [1.29, 1.82) is 0 Å². The van der Waals surface area contributed by atoms with Crippen molar-refractivity contribution in [3.05, 3.63) is 59.7 Å². The topological polar surface area (TPSA) is 89.0 Å². The molecule has 0 bridgehead atoms. The van der Waals surface area contributed by atoms with E-state index in [0.717, 1.165) is 12.0 Å². The predicted octanol–water partition coefficient (Wildman–Crippen LogP) is 2.36. The van der Waals surface area contributed by atoms with Gasteiger partial charge in [-0.1, -0.05) is 19.1 Å². The number of nitrogens with one attached hydrogen (secondary N) is 2. The molecule has 0 aliphatic rings. The van der Waals surface area contributed by atoms with E-state index >= 15 is 0 Å². The number of carbonyl (C=O) groups is 2. The maximum Gasteiger partial charge on any atom is 0.259 e. The van der Waals surface area contributed by atoms with Gasteiger partial charge in [0, 0.05) is 5.56 Å². The highest BCUT2D eigenvalue weighted by Gasteiger charge is 2.07. The van der Waals surface area contributed by atoms with E-state index in [0.29, 0.717) is 23.7 Å². The first-order valence-electron chi connectivity index (χ1n) is 8.59. The highest BCUT2D eigenvalue weighted by molar-refractivity contribution is 5.96. The zero-order chi connectivity index (χ0) is 19.5. The molecule has 0 radical (unpaired) electrons. The Morgan fingerprint density at radius 3 is 2.59 bits per heavy atom. The van der Waals surface area contributed by atoms with E-state index in [9.17, 15) is 9.59 Å². The Morgan fingerprint density at radius 2 is 1.89 bits per heavy atom. The number of methoxy groups -OCH3 is 1. The molecule has 0 aliphatic heterocycles. The molecule has 0 aromatic heterocycles. The molecule has 2 aromatic carbocycles. The maximum absolute atomic E-state index is 12.1. The Bertz CT molecular complexity index is 788. The van der Waals surface area contributed by atoms with Gasteiger partial charge in [-0.3, -0.25) is 9.59 Å². The van der Waals surface area contributed by atoms with E-state index < -0.39 is 5.91 Å². The van der Waals surface area contributed by atoms with E-state index in [-0.39, 0.29) is 12.5 Å². The largest absolute Gasteiger partial charge is 0.497 e. The van der Waals surface area contributed by atoms with Crippen LogP contribution in [0.15, 0.2) is 53.6 Å². The minimum atomic E-state index is -0.426. The summed E-state index contributed by atoms with van der Waals surface area (Å²) in [5.41, 5.74) is 3.59. The van der Waals surface area contributed by atoms with Crippen molar-refractivity contribution in [3.8, 4) is 11.5 Å². The maximum atomic E-state index is 12.1. The van der Waals surface area contributed by atoms with Crippen molar-refractivity contribution < 1.29 is 19.1 Å². The summed E-state index contributed by atoms with van der Waals surface area (Å²) in [6, 6.07) is 14.0. The second-order valence-electron chi connectivity index (χ2n) is 5.63. The molecule has 2 aromatic rings. The van der Waals surface area contributed by atoms with E-state index in [1.165, 1.54) is 6.21 Å². The van der Waals surface area contributed by atoms with Crippen molar-refractivity contribution >= 4 is 18.0 Å². The molecule has 7 heteroatoms. The number of nitrogens with zero attached hydrogens (tertiary/aromatic N) is 1. The normalized spacial score (nSPS) is 10.4. The lowest BCUT2D eigenvalue weighted by Gasteiger charge is -2.07. The van der Waals surface area contributed by atoms with Gasteiger partial charge >= 0.3 is 0 Å². The van der Waals surface area contributed by atoms with Gasteiger partial charge in [0.1, 0.15) is 11.5 Å². The molecule has 0 unspecified atom stereocenters. The van der Waals surface area contributed by atoms with Gasteiger partial charge in [-0.25, -0.2) is 5.43 Å². The lowest BCUT2D eigenvalue weighted by Crippen LogP contribution is -2.34. The Morgan fingerprint density at radius 1 is 1.11 bits per heavy atom. The zero-order valence-electron chi connectivity index (χ0n) is 15.4. The molecule has 0 atom stereocenters. The molecule has 142 valence electrons. The van der Waals surface area contributed by atoms with Crippen LogP contribution in [0.1, 0.15) is 29.3 Å². The molecule has 2 rings (SSSR count). The number of hydrogen-bond donors (Lipinski definition) is 2. The van der Waals surface area contributed by atoms with Crippen LogP contribution in [0.3, 0.4) is 0 Å². The Balaban J connectivity index is 1.77. The summed E-state index contributed by atoms with van der Waals surface area (Å²) in [4.78, 5) is 23.8. The second-order valence-corrected chi connectivity index (χ2v) is 5.63. The predicted molar refractivity (Wildman–Crippen MR) is 103 cm³/mol. The fourth-order valence-electron chi connectivity index (χ4n) is 2.13. The fraction of sp³-hybridized carbons (Fsp3) is 0.250. The van der Waals surface area contributed by atoms with Crippen LogP contribution in [-0.4, -0.2) is 38.3 Å². The van der Waals surface area contributed by atoms with Gasteiger partial charge in [0.15, 0.2) is 0 Å². The summed E-state index contributed by atoms with van der Waals surface area (Å²) in [5, 5.41) is 6.40. The summed E-state index contributed by atoms with van der Waals surface area (Å²) in [7, 11) is 1.58. The minimum absolute atomic E-state index is 0.178. The molecule has 2 N–H and O–H groups in total. The molecule has 27 heavy (non-hydrogen) atoms. The first kappa shape index (κ1) is 20.0. The van der Waals surface area contributed by atoms with Gasteiger partial charge in [0.25, 0.3) is 11.8 Å². The molecule has 0 saturated heterocycles. The van der Waals surface area contributed by atoms with Gasteiger partial charge in [-0.05, 0) is 48.4 Å². The molecular weight excluding hydrogens is 346 g/mol. The van der Waals surface area contributed by atoms with Crippen LogP contribution in [0.5, 0.6) is 11.5 Å². The van der Waals surface area contributed by atoms with E-state index in [4.69, 9.17) is 9.47 Å². The van der Waals surface area contributed by atoms with Crippen LogP contribution in [0, 0.1) is 0 Å².